The van der Waals surface area contributed by atoms with Crippen molar-refractivity contribution in [2.24, 2.45) is 0 Å². The lowest BCUT2D eigenvalue weighted by molar-refractivity contribution is 0.0636. The van der Waals surface area contributed by atoms with Gasteiger partial charge in [0.2, 0.25) is 0 Å². The third-order valence-electron chi connectivity index (χ3n) is 5.59. The van der Waals surface area contributed by atoms with Crippen LogP contribution in [0.25, 0.3) is 0 Å². The number of fused-ring (bicyclic) bond motifs is 2. The SMILES string of the molecule is CCCCN1C(=O)c2ccc(Oc3ccc4c(c3)C(=O)N(CCCC)C4=O)cc2C1=O. The molecule has 7 nitrogen and oxygen atoms in total. The number of hydrogen-bond acceptors (Lipinski definition) is 5. The molecule has 2 heterocycles. The van der Waals surface area contributed by atoms with Crippen LogP contribution >= 0.6 is 0 Å². The van der Waals surface area contributed by atoms with Gasteiger partial charge in [-0.05, 0) is 49.2 Å². The summed E-state index contributed by atoms with van der Waals surface area (Å²) < 4.78 is 5.86. The van der Waals surface area contributed by atoms with Gasteiger partial charge >= 0.3 is 0 Å². The number of carbonyl (C=O) groups excluding carboxylic acids is 4. The summed E-state index contributed by atoms with van der Waals surface area (Å²) in [5.41, 5.74) is 1.37. The lowest BCUT2D eigenvalue weighted by atomic mass is 10.1. The first-order valence-electron chi connectivity index (χ1n) is 10.6. The minimum atomic E-state index is -0.319. The molecule has 0 N–H and O–H groups in total. The van der Waals surface area contributed by atoms with Gasteiger partial charge in [0.1, 0.15) is 11.5 Å². The maximum absolute atomic E-state index is 12.6. The third-order valence-corrected chi connectivity index (χ3v) is 5.59. The highest BCUT2D eigenvalue weighted by Gasteiger charge is 2.36. The van der Waals surface area contributed by atoms with E-state index in [4.69, 9.17) is 4.74 Å². The maximum Gasteiger partial charge on any atom is 0.261 e. The summed E-state index contributed by atoms with van der Waals surface area (Å²) in [5.74, 6) is -0.434. The van der Waals surface area contributed by atoms with E-state index >= 15 is 0 Å². The van der Waals surface area contributed by atoms with Crippen molar-refractivity contribution in [3.63, 3.8) is 0 Å². The molecule has 0 fully saturated rings. The average molecular weight is 420 g/mol. The van der Waals surface area contributed by atoms with E-state index in [1.165, 1.54) is 9.80 Å². The topological polar surface area (TPSA) is 84.0 Å². The molecule has 2 aromatic rings. The fourth-order valence-corrected chi connectivity index (χ4v) is 3.84. The zero-order valence-corrected chi connectivity index (χ0v) is 17.6. The van der Waals surface area contributed by atoms with Crippen molar-refractivity contribution < 1.29 is 23.9 Å². The molecule has 0 saturated heterocycles. The molecule has 0 radical (unpaired) electrons. The van der Waals surface area contributed by atoms with Crippen molar-refractivity contribution in [3.05, 3.63) is 58.7 Å². The molecule has 31 heavy (non-hydrogen) atoms. The zero-order valence-electron chi connectivity index (χ0n) is 17.6. The van der Waals surface area contributed by atoms with Gasteiger partial charge in [-0.1, -0.05) is 26.7 Å². The van der Waals surface area contributed by atoms with Crippen LogP contribution in [0.5, 0.6) is 11.5 Å². The minimum Gasteiger partial charge on any atom is -0.457 e. The first kappa shape index (κ1) is 20.8. The second-order valence-electron chi connectivity index (χ2n) is 7.75. The molecule has 0 aliphatic carbocycles. The molecule has 2 aliphatic heterocycles. The third kappa shape index (κ3) is 3.60. The van der Waals surface area contributed by atoms with Gasteiger partial charge in [0.15, 0.2) is 0 Å². The molecule has 4 rings (SSSR count). The lowest BCUT2D eigenvalue weighted by Gasteiger charge is -2.12. The van der Waals surface area contributed by atoms with Gasteiger partial charge in [-0.3, -0.25) is 29.0 Å². The first-order valence-corrected chi connectivity index (χ1v) is 10.6. The number of nitrogens with zero attached hydrogens (tertiary/aromatic N) is 2. The summed E-state index contributed by atoms with van der Waals surface area (Å²) in [6.45, 7) is 4.80. The molecule has 4 amide bonds. The smallest absolute Gasteiger partial charge is 0.261 e. The van der Waals surface area contributed by atoms with Crippen molar-refractivity contribution in [3.8, 4) is 11.5 Å². The van der Waals surface area contributed by atoms with Gasteiger partial charge in [0.05, 0.1) is 22.3 Å². The van der Waals surface area contributed by atoms with Gasteiger partial charge in [0.25, 0.3) is 23.6 Å². The highest BCUT2D eigenvalue weighted by molar-refractivity contribution is 6.22. The summed E-state index contributed by atoms with van der Waals surface area (Å²) in [5, 5.41) is 0. The Bertz CT molecular complexity index is 1010. The van der Waals surface area contributed by atoms with E-state index in [0.717, 1.165) is 25.7 Å². The van der Waals surface area contributed by atoms with Crippen LogP contribution in [0.2, 0.25) is 0 Å². The van der Waals surface area contributed by atoms with Crippen molar-refractivity contribution in [2.45, 2.75) is 39.5 Å². The van der Waals surface area contributed by atoms with Crippen LogP contribution in [-0.4, -0.2) is 46.5 Å². The molecule has 0 unspecified atom stereocenters. The number of hydrogen-bond donors (Lipinski definition) is 0. The van der Waals surface area contributed by atoms with E-state index in [-0.39, 0.29) is 23.6 Å². The number of amides is 4. The summed E-state index contributed by atoms with van der Waals surface area (Å²) in [6, 6.07) is 9.53. The van der Waals surface area contributed by atoms with Crippen LogP contribution in [0.15, 0.2) is 36.4 Å². The van der Waals surface area contributed by atoms with E-state index in [1.807, 2.05) is 13.8 Å². The number of imide groups is 2. The van der Waals surface area contributed by atoms with Crippen LogP contribution in [-0.2, 0) is 0 Å². The van der Waals surface area contributed by atoms with Crippen molar-refractivity contribution in [1.82, 2.24) is 9.80 Å². The van der Waals surface area contributed by atoms with Crippen molar-refractivity contribution >= 4 is 23.6 Å². The Hall–Kier alpha value is -3.48. The summed E-state index contributed by atoms with van der Waals surface area (Å²) >= 11 is 0. The lowest BCUT2D eigenvalue weighted by Crippen LogP contribution is -2.30. The first-order chi connectivity index (χ1) is 15.0. The standard InChI is InChI=1S/C24H24N2O5/c1-3-5-11-25-21(27)17-9-7-15(13-19(17)23(25)29)31-16-8-10-18-20(14-16)24(30)26(22(18)28)12-6-4-2/h7-10,13-14H,3-6,11-12H2,1-2H3. The second kappa shape index (κ2) is 8.34. The van der Waals surface area contributed by atoms with Gasteiger partial charge in [-0.2, -0.15) is 0 Å². The molecule has 0 atom stereocenters. The largest absolute Gasteiger partial charge is 0.457 e. The van der Waals surface area contributed by atoms with E-state index in [9.17, 15) is 19.2 Å². The Morgan fingerprint density at radius 1 is 0.613 bits per heavy atom. The Morgan fingerprint density at radius 3 is 1.39 bits per heavy atom. The molecule has 2 aliphatic rings. The molecular weight excluding hydrogens is 396 g/mol. The van der Waals surface area contributed by atoms with Crippen LogP contribution in [0.3, 0.4) is 0 Å². The van der Waals surface area contributed by atoms with Gasteiger partial charge < -0.3 is 4.74 Å². The Morgan fingerprint density at radius 2 is 1.00 bits per heavy atom. The number of carbonyl (C=O) groups is 4. The average Bonchev–Trinajstić information content (AvgIpc) is 3.15. The van der Waals surface area contributed by atoms with Crippen molar-refractivity contribution in [1.29, 1.82) is 0 Å². The molecule has 0 bridgehead atoms. The number of ether oxygens (including phenoxy) is 1. The van der Waals surface area contributed by atoms with Gasteiger partial charge in [-0.25, -0.2) is 0 Å². The highest BCUT2D eigenvalue weighted by Crippen LogP contribution is 2.32. The van der Waals surface area contributed by atoms with Crippen LogP contribution in [0.1, 0.15) is 81.0 Å². The predicted molar refractivity (Wildman–Crippen MR) is 114 cm³/mol. The highest BCUT2D eigenvalue weighted by atomic mass is 16.5. The quantitative estimate of drug-likeness (QED) is 0.596. The normalized spacial score (nSPS) is 15.0. The number of rotatable bonds is 8. The molecule has 0 spiro atoms. The second-order valence-corrected chi connectivity index (χ2v) is 7.75. The van der Waals surface area contributed by atoms with Gasteiger partial charge in [-0.15, -0.1) is 0 Å². The molecule has 0 aromatic heterocycles. The van der Waals surface area contributed by atoms with Crippen LogP contribution in [0, 0.1) is 0 Å². The van der Waals surface area contributed by atoms with Crippen molar-refractivity contribution in [2.75, 3.05) is 13.1 Å². The van der Waals surface area contributed by atoms with Gasteiger partial charge in [0, 0.05) is 13.1 Å². The van der Waals surface area contributed by atoms with E-state index in [0.29, 0.717) is 46.8 Å². The molecule has 7 heteroatoms. The van der Waals surface area contributed by atoms with Crippen LogP contribution < -0.4 is 4.74 Å². The monoisotopic (exact) mass is 420 g/mol. The zero-order chi connectivity index (χ0) is 22.1. The van der Waals surface area contributed by atoms with E-state index in [2.05, 4.69) is 0 Å². The number of benzene rings is 2. The van der Waals surface area contributed by atoms with E-state index < -0.39 is 0 Å². The molecule has 2 aromatic carbocycles. The fourth-order valence-electron chi connectivity index (χ4n) is 3.84. The summed E-state index contributed by atoms with van der Waals surface area (Å²) in [6.07, 6.45) is 3.28. The maximum atomic E-state index is 12.6. The fraction of sp³-hybridized carbons (Fsp3) is 0.333. The van der Waals surface area contributed by atoms with E-state index in [1.54, 1.807) is 36.4 Å². The molecule has 0 saturated carbocycles. The Kier molecular flexibility index (Phi) is 5.59. The number of unbranched alkanes of at least 4 members (excludes halogenated alkanes) is 2. The summed E-state index contributed by atoms with van der Waals surface area (Å²) in [7, 11) is 0. The molecular formula is C24H24N2O5. The van der Waals surface area contributed by atoms with Crippen LogP contribution in [0.4, 0.5) is 0 Å². The Balaban J connectivity index is 1.55. The Labute approximate surface area is 180 Å². The molecule has 160 valence electrons. The minimum absolute atomic E-state index is 0.284. The summed E-state index contributed by atoms with van der Waals surface area (Å²) in [4.78, 5) is 52.7. The predicted octanol–water partition coefficient (Wildman–Crippen LogP) is 4.27.